The summed E-state index contributed by atoms with van der Waals surface area (Å²) >= 11 is 0. The van der Waals surface area contributed by atoms with Crippen LogP contribution in [0.5, 0.6) is 0 Å². The summed E-state index contributed by atoms with van der Waals surface area (Å²) in [6.07, 6.45) is -6.21. The van der Waals surface area contributed by atoms with E-state index in [-0.39, 0.29) is 33.0 Å². The molecular weight excluding hydrogens is 514 g/mol. The zero-order valence-corrected chi connectivity index (χ0v) is 21.9. The topological polar surface area (TPSA) is 200 Å². The van der Waals surface area contributed by atoms with E-state index in [4.69, 9.17) is 48.2 Å². The van der Waals surface area contributed by atoms with Gasteiger partial charge in [-0.15, -0.1) is 0 Å². The van der Waals surface area contributed by atoms with Gasteiger partial charge in [0.25, 0.3) is 0 Å². The number of esters is 4. The third-order valence-electron chi connectivity index (χ3n) is 4.60. The van der Waals surface area contributed by atoms with Gasteiger partial charge >= 0.3 is 23.9 Å². The van der Waals surface area contributed by atoms with Gasteiger partial charge in [-0.1, -0.05) is 5.11 Å². The lowest BCUT2D eigenvalue weighted by atomic mass is 9.98. The minimum absolute atomic E-state index is 0.0176. The highest BCUT2D eigenvalue weighted by Gasteiger charge is 2.52. The zero-order valence-electron chi connectivity index (χ0n) is 21.9. The Labute approximate surface area is 219 Å². The van der Waals surface area contributed by atoms with Gasteiger partial charge in [-0.25, -0.2) is 0 Å². The van der Waals surface area contributed by atoms with Crippen molar-refractivity contribution >= 4 is 23.9 Å². The van der Waals surface area contributed by atoms with E-state index in [1.165, 1.54) is 6.92 Å². The van der Waals surface area contributed by atoms with E-state index in [1.807, 2.05) is 0 Å². The maximum Gasteiger partial charge on any atom is 0.303 e. The summed E-state index contributed by atoms with van der Waals surface area (Å²) in [4.78, 5) is 49.3. The molecule has 16 nitrogen and oxygen atoms in total. The number of nitrogens with zero attached hydrogens (tertiary/aromatic N) is 3. The number of carbonyl (C=O) groups is 4. The van der Waals surface area contributed by atoms with Crippen LogP contribution >= 0.6 is 0 Å². The van der Waals surface area contributed by atoms with Crippen molar-refractivity contribution in [2.24, 2.45) is 5.11 Å². The summed E-state index contributed by atoms with van der Waals surface area (Å²) in [7, 11) is 0. The highest BCUT2D eigenvalue weighted by Crippen LogP contribution is 2.29. The average molecular weight is 550 g/mol. The third kappa shape index (κ3) is 14.1. The number of rotatable bonds is 18. The molecule has 0 amide bonds. The molecule has 1 aliphatic heterocycles. The average Bonchev–Trinajstić information content (AvgIpc) is 2.83. The molecule has 16 heteroatoms. The first-order valence-corrected chi connectivity index (χ1v) is 11.8. The van der Waals surface area contributed by atoms with Crippen molar-refractivity contribution < 1.29 is 61.8 Å². The highest BCUT2D eigenvalue weighted by molar-refractivity contribution is 5.68. The summed E-state index contributed by atoms with van der Waals surface area (Å²) in [5.41, 5.74) is 8.16. The second kappa shape index (κ2) is 19.1. The van der Waals surface area contributed by atoms with Crippen molar-refractivity contribution in [3.05, 3.63) is 10.4 Å². The molecule has 0 spiro atoms. The molecule has 1 rings (SSSR count). The van der Waals surface area contributed by atoms with E-state index < -0.39 is 54.6 Å². The number of carbonyl (C=O) groups excluding carboxylic acids is 4. The van der Waals surface area contributed by atoms with Crippen molar-refractivity contribution in [3.63, 3.8) is 0 Å². The summed E-state index contributed by atoms with van der Waals surface area (Å²) < 4.78 is 48.4. The Bertz CT molecular complexity index is 805. The van der Waals surface area contributed by atoms with E-state index in [0.717, 1.165) is 20.8 Å². The summed E-state index contributed by atoms with van der Waals surface area (Å²) in [6, 6.07) is 0. The Morgan fingerprint density at radius 3 is 1.74 bits per heavy atom. The predicted molar refractivity (Wildman–Crippen MR) is 124 cm³/mol. The van der Waals surface area contributed by atoms with Crippen LogP contribution in [0, 0.1) is 0 Å². The van der Waals surface area contributed by atoms with Crippen LogP contribution in [-0.4, -0.2) is 114 Å². The lowest BCUT2D eigenvalue weighted by Gasteiger charge is -2.44. The standard InChI is InChI=1S/C22H35N3O13/c1-14(26)34-13-18-19(35-15(2)27)20(36-16(3)28)21(37-17(4)29)22(38-18)33-12-11-32-10-9-31-8-7-30-6-5-24-25-23/h18-22H,5-13H2,1-4H3/t18-,19-,20+,21-,22-/m1/s1. The molecule has 0 aromatic carbocycles. The van der Waals surface area contributed by atoms with Crippen LogP contribution in [0.25, 0.3) is 10.4 Å². The molecule has 5 atom stereocenters. The number of hydrogen-bond donors (Lipinski definition) is 0. The van der Waals surface area contributed by atoms with Crippen LogP contribution in [0.15, 0.2) is 5.11 Å². The van der Waals surface area contributed by atoms with Crippen LogP contribution < -0.4 is 0 Å². The van der Waals surface area contributed by atoms with Crippen LogP contribution in [0.2, 0.25) is 0 Å². The summed E-state index contributed by atoms with van der Waals surface area (Å²) in [5.74, 6) is -2.80. The fourth-order valence-corrected chi connectivity index (χ4v) is 3.24. The van der Waals surface area contributed by atoms with Crippen LogP contribution in [0.1, 0.15) is 27.7 Å². The van der Waals surface area contributed by atoms with Gasteiger partial charge in [0.2, 0.25) is 0 Å². The van der Waals surface area contributed by atoms with Crippen molar-refractivity contribution in [1.29, 1.82) is 0 Å². The summed E-state index contributed by atoms with van der Waals surface area (Å²) in [5, 5.41) is 3.34. The van der Waals surface area contributed by atoms with Crippen molar-refractivity contribution in [2.45, 2.75) is 58.4 Å². The maximum absolute atomic E-state index is 11.8. The first kappa shape index (κ1) is 33.0. The second-order valence-corrected chi connectivity index (χ2v) is 7.73. The van der Waals surface area contributed by atoms with Gasteiger partial charge < -0.3 is 42.6 Å². The molecule has 1 fully saturated rings. The fraction of sp³-hybridized carbons (Fsp3) is 0.818. The molecule has 0 bridgehead atoms. The minimum Gasteiger partial charge on any atom is -0.463 e. The Kier molecular flexibility index (Phi) is 16.6. The lowest BCUT2D eigenvalue weighted by molar-refractivity contribution is -0.309. The van der Waals surface area contributed by atoms with Crippen molar-refractivity contribution in [3.8, 4) is 0 Å². The number of hydrogen-bond acceptors (Lipinski definition) is 14. The van der Waals surface area contributed by atoms with Gasteiger partial charge in [-0.3, -0.25) is 19.2 Å². The van der Waals surface area contributed by atoms with Gasteiger partial charge in [0.15, 0.2) is 24.6 Å². The molecule has 0 radical (unpaired) electrons. The predicted octanol–water partition coefficient (Wildman–Crippen LogP) is 0.446. The molecule has 38 heavy (non-hydrogen) atoms. The van der Waals surface area contributed by atoms with Crippen LogP contribution in [0.4, 0.5) is 0 Å². The number of ether oxygens (including phenoxy) is 9. The fourth-order valence-electron chi connectivity index (χ4n) is 3.24. The number of azide groups is 1. The van der Waals surface area contributed by atoms with Gasteiger partial charge in [0, 0.05) is 39.2 Å². The van der Waals surface area contributed by atoms with E-state index in [2.05, 4.69) is 10.0 Å². The highest BCUT2D eigenvalue weighted by atomic mass is 16.7. The lowest BCUT2D eigenvalue weighted by Crippen LogP contribution is -2.63. The van der Waals surface area contributed by atoms with E-state index >= 15 is 0 Å². The molecule has 0 aliphatic carbocycles. The molecule has 1 heterocycles. The molecule has 0 saturated carbocycles. The Morgan fingerprint density at radius 2 is 1.21 bits per heavy atom. The van der Waals surface area contributed by atoms with E-state index in [9.17, 15) is 19.2 Å². The first-order valence-electron chi connectivity index (χ1n) is 11.8. The molecule has 1 saturated heterocycles. The van der Waals surface area contributed by atoms with Crippen LogP contribution in [-0.2, 0) is 61.8 Å². The Balaban J connectivity index is 2.67. The molecular formula is C22H35N3O13. The molecule has 0 aromatic rings. The van der Waals surface area contributed by atoms with Gasteiger partial charge in [0.1, 0.15) is 12.7 Å². The SMILES string of the molecule is CC(=O)OC[C@H]1O[C@@H](OCCOCCOCCOCCN=[N+]=[N-])[C@H](OC(C)=O)[C@@H](OC(C)=O)[C@@H]1OC(C)=O. The second-order valence-electron chi connectivity index (χ2n) is 7.73. The molecule has 216 valence electrons. The maximum atomic E-state index is 11.8. The Hall–Kier alpha value is -3.01. The largest absolute Gasteiger partial charge is 0.463 e. The summed E-state index contributed by atoms with van der Waals surface area (Å²) in [6.45, 7) is 6.11. The normalized spacial score (nSPS) is 22.6. The Morgan fingerprint density at radius 1 is 0.711 bits per heavy atom. The smallest absolute Gasteiger partial charge is 0.303 e. The minimum atomic E-state index is -1.30. The molecule has 0 N–H and O–H groups in total. The van der Waals surface area contributed by atoms with E-state index in [0.29, 0.717) is 26.4 Å². The quantitative estimate of drug-likeness (QED) is 0.0570. The van der Waals surface area contributed by atoms with Gasteiger partial charge in [-0.05, 0) is 5.53 Å². The van der Waals surface area contributed by atoms with Crippen molar-refractivity contribution in [1.82, 2.24) is 0 Å². The van der Waals surface area contributed by atoms with E-state index in [1.54, 1.807) is 0 Å². The van der Waals surface area contributed by atoms with Gasteiger partial charge in [0.05, 0.1) is 46.2 Å². The first-order chi connectivity index (χ1) is 18.1. The zero-order chi connectivity index (χ0) is 28.3. The molecule has 1 aliphatic rings. The monoisotopic (exact) mass is 549 g/mol. The van der Waals surface area contributed by atoms with Crippen LogP contribution in [0.3, 0.4) is 0 Å². The van der Waals surface area contributed by atoms with Gasteiger partial charge in [-0.2, -0.15) is 0 Å². The molecule has 0 unspecified atom stereocenters. The van der Waals surface area contributed by atoms with Crippen molar-refractivity contribution in [2.75, 3.05) is 59.4 Å². The third-order valence-corrected chi connectivity index (χ3v) is 4.60. The molecule has 0 aromatic heterocycles.